The van der Waals surface area contributed by atoms with E-state index in [-0.39, 0.29) is 18.5 Å². The number of carbonyl (C=O) groups excluding carboxylic acids is 1. The molecule has 0 aliphatic heterocycles. The summed E-state index contributed by atoms with van der Waals surface area (Å²) in [6.45, 7) is 6.43. The first-order chi connectivity index (χ1) is 6.95. The lowest BCUT2D eigenvalue weighted by Gasteiger charge is -2.16. The molecule has 0 aliphatic carbocycles. The van der Waals surface area contributed by atoms with E-state index in [9.17, 15) is 9.59 Å². The van der Waals surface area contributed by atoms with Gasteiger partial charge in [0, 0.05) is 12.6 Å². The third kappa shape index (κ3) is 7.78. The highest BCUT2D eigenvalue weighted by Gasteiger charge is 2.13. The van der Waals surface area contributed by atoms with Gasteiger partial charge in [0.1, 0.15) is 0 Å². The molecule has 0 heterocycles. The second-order valence-corrected chi connectivity index (χ2v) is 3.95. The molecule has 0 radical (unpaired) electrons. The number of hydrogen-bond donors (Lipinski definition) is 3. The second-order valence-electron chi connectivity index (χ2n) is 3.95. The van der Waals surface area contributed by atoms with Crippen LogP contribution in [0.5, 0.6) is 0 Å². The summed E-state index contributed by atoms with van der Waals surface area (Å²) in [7, 11) is 0. The summed E-state index contributed by atoms with van der Waals surface area (Å²) in [5.74, 6) is -0.513. The summed E-state index contributed by atoms with van der Waals surface area (Å²) >= 11 is 0. The highest BCUT2D eigenvalue weighted by atomic mass is 16.4. The number of carbonyl (C=O) groups is 2. The highest BCUT2D eigenvalue weighted by molar-refractivity contribution is 5.75. The third-order valence-electron chi connectivity index (χ3n) is 1.92. The minimum absolute atomic E-state index is 0.0361. The average molecular weight is 216 g/mol. The molecule has 5 nitrogen and oxygen atoms in total. The van der Waals surface area contributed by atoms with E-state index >= 15 is 0 Å². The number of rotatable bonds is 6. The largest absolute Gasteiger partial charge is 0.481 e. The van der Waals surface area contributed by atoms with Gasteiger partial charge in [-0.3, -0.25) is 4.79 Å². The fraction of sp³-hybridized carbons (Fsp3) is 0.800. The van der Waals surface area contributed by atoms with Gasteiger partial charge in [-0.05, 0) is 12.3 Å². The first kappa shape index (κ1) is 13.7. The SMILES string of the molecule is CCC(CC(=O)O)NC(=O)NCC(C)C. The molecule has 0 saturated carbocycles. The first-order valence-electron chi connectivity index (χ1n) is 5.21. The molecule has 5 heteroatoms. The van der Waals surface area contributed by atoms with Crippen LogP contribution >= 0.6 is 0 Å². The van der Waals surface area contributed by atoms with Crippen molar-refractivity contribution >= 4 is 12.0 Å². The van der Waals surface area contributed by atoms with Crippen LogP contribution in [0, 0.1) is 5.92 Å². The topological polar surface area (TPSA) is 78.4 Å². The Morgan fingerprint density at radius 1 is 1.33 bits per heavy atom. The smallest absolute Gasteiger partial charge is 0.315 e. The Hall–Kier alpha value is -1.26. The van der Waals surface area contributed by atoms with E-state index < -0.39 is 5.97 Å². The standard InChI is InChI=1S/C10H20N2O3/c1-4-8(5-9(13)14)12-10(15)11-6-7(2)3/h7-8H,4-6H2,1-3H3,(H,13,14)(H2,11,12,15). The average Bonchev–Trinajstić information content (AvgIpc) is 2.13. The van der Waals surface area contributed by atoms with Crippen LogP contribution in [0.2, 0.25) is 0 Å². The molecule has 15 heavy (non-hydrogen) atoms. The fourth-order valence-electron chi connectivity index (χ4n) is 1.04. The minimum atomic E-state index is -0.897. The molecule has 0 aromatic carbocycles. The van der Waals surface area contributed by atoms with E-state index in [4.69, 9.17) is 5.11 Å². The molecule has 0 spiro atoms. The zero-order chi connectivity index (χ0) is 11.8. The highest BCUT2D eigenvalue weighted by Crippen LogP contribution is 1.97. The summed E-state index contributed by atoms with van der Waals surface area (Å²) in [6, 6.07) is -0.591. The van der Waals surface area contributed by atoms with E-state index in [1.165, 1.54) is 0 Å². The Kier molecular flexibility index (Phi) is 6.49. The zero-order valence-electron chi connectivity index (χ0n) is 9.54. The summed E-state index contributed by atoms with van der Waals surface area (Å²) in [4.78, 5) is 21.7. The van der Waals surface area contributed by atoms with Crippen molar-refractivity contribution in [3.8, 4) is 0 Å². The summed E-state index contributed by atoms with van der Waals surface area (Å²) in [5, 5.41) is 13.9. The van der Waals surface area contributed by atoms with E-state index in [0.717, 1.165) is 0 Å². The Bertz CT molecular complexity index is 217. The molecule has 3 N–H and O–H groups in total. The van der Waals surface area contributed by atoms with Crippen molar-refractivity contribution < 1.29 is 14.7 Å². The summed E-state index contributed by atoms with van der Waals surface area (Å²) in [6.07, 6.45) is 0.576. The van der Waals surface area contributed by atoms with Gasteiger partial charge < -0.3 is 15.7 Å². The molecule has 0 aromatic heterocycles. The number of amides is 2. The van der Waals surface area contributed by atoms with Crippen LogP contribution in [-0.4, -0.2) is 29.7 Å². The van der Waals surface area contributed by atoms with Crippen LogP contribution in [0.1, 0.15) is 33.6 Å². The van der Waals surface area contributed by atoms with Crippen LogP contribution in [0.25, 0.3) is 0 Å². The number of hydrogen-bond acceptors (Lipinski definition) is 2. The van der Waals surface area contributed by atoms with Crippen molar-refractivity contribution in [2.24, 2.45) is 5.92 Å². The van der Waals surface area contributed by atoms with E-state index in [1.807, 2.05) is 20.8 Å². The van der Waals surface area contributed by atoms with E-state index in [2.05, 4.69) is 10.6 Å². The molecular formula is C10H20N2O3. The maximum atomic E-state index is 11.3. The van der Waals surface area contributed by atoms with E-state index in [0.29, 0.717) is 18.9 Å². The molecule has 2 amide bonds. The number of aliphatic carboxylic acids is 1. The number of nitrogens with one attached hydrogen (secondary N) is 2. The predicted octanol–water partition coefficient (Wildman–Crippen LogP) is 1.19. The quantitative estimate of drug-likeness (QED) is 0.624. The van der Waals surface area contributed by atoms with Crippen molar-refractivity contribution in [3.63, 3.8) is 0 Å². The van der Waals surface area contributed by atoms with Crippen LogP contribution in [0.15, 0.2) is 0 Å². The Labute approximate surface area is 90.2 Å². The molecule has 0 aromatic rings. The van der Waals surface area contributed by atoms with Crippen LogP contribution in [0.3, 0.4) is 0 Å². The second kappa shape index (κ2) is 7.09. The van der Waals surface area contributed by atoms with Gasteiger partial charge in [-0.2, -0.15) is 0 Å². The number of carboxylic acid groups (broad SMARTS) is 1. The Balaban J connectivity index is 3.85. The minimum Gasteiger partial charge on any atom is -0.481 e. The van der Waals surface area contributed by atoms with Gasteiger partial charge in [0.25, 0.3) is 0 Å². The van der Waals surface area contributed by atoms with Crippen molar-refractivity contribution in [1.82, 2.24) is 10.6 Å². The van der Waals surface area contributed by atoms with Crippen molar-refractivity contribution in [2.45, 2.75) is 39.7 Å². The maximum absolute atomic E-state index is 11.3. The zero-order valence-corrected chi connectivity index (χ0v) is 9.54. The lowest BCUT2D eigenvalue weighted by atomic mass is 10.1. The molecule has 1 unspecified atom stereocenters. The van der Waals surface area contributed by atoms with E-state index in [1.54, 1.807) is 0 Å². The van der Waals surface area contributed by atoms with Gasteiger partial charge in [-0.15, -0.1) is 0 Å². The first-order valence-corrected chi connectivity index (χ1v) is 5.21. The van der Waals surface area contributed by atoms with Crippen molar-refractivity contribution in [2.75, 3.05) is 6.54 Å². The van der Waals surface area contributed by atoms with Crippen molar-refractivity contribution in [1.29, 1.82) is 0 Å². The normalized spacial score (nSPS) is 12.3. The summed E-state index contributed by atoms with van der Waals surface area (Å²) in [5.41, 5.74) is 0. The molecule has 0 rings (SSSR count). The molecule has 1 atom stereocenters. The lowest BCUT2D eigenvalue weighted by molar-refractivity contribution is -0.137. The lowest BCUT2D eigenvalue weighted by Crippen LogP contribution is -2.43. The molecular weight excluding hydrogens is 196 g/mol. The monoisotopic (exact) mass is 216 g/mol. The summed E-state index contributed by atoms with van der Waals surface area (Å²) < 4.78 is 0. The molecule has 0 fully saturated rings. The van der Waals surface area contributed by atoms with Crippen LogP contribution < -0.4 is 10.6 Å². The van der Waals surface area contributed by atoms with Crippen molar-refractivity contribution in [3.05, 3.63) is 0 Å². The predicted molar refractivity (Wildman–Crippen MR) is 57.7 cm³/mol. The molecule has 0 bridgehead atoms. The number of urea groups is 1. The maximum Gasteiger partial charge on any atom is 0.315 e. The molecule has 0 saturated heterocycles. The Morgan fingerprint density at radius 2 is 1.93 bits per heavy atom. The fourth-order valence-corrected chi connectivity index (χ4v) is 1.04. The molecule has 0 aliphatic rings. The van der Waals surface area contributed by atoms with Gasteiger partial charge in [-0.25, -0.2) is 4.79 Å². The van der Waals surface area contributed by atoms with Gasteiger partial charge in [0.2, 0.25) is 0 Å². The van der Waals surface area contributed by atoms with Crippen LogP contribution in [-0.2, 0) is 4.79 Å². The number of carboxylic acids is 1. The van der Waals surface area contributed by atoms with Crippen LogP contribution in [0.4, 0.5) is 4.79 Å². The molecule has 88 valence electrons. The Morgan fingerprint density at radius 3 is 2.33 bits per heavy atom. The van der Waals surface area contributed by atoms with Gasteiger partial charge >= 0.3 is 12.0 Å². The van der Waals surface area contributed by atoms with Gasteiger partial charge in [0.15, 0.2) is 0 Å². The van der Waals surface area contributed by atoms with Gasteiger partial charge in [0.05, 0.1) is 6.42 Å². The van der Waals surface area contributed by atoms with Gasteiger partial charge in [-0.1, -0.05) is 20.8 Å². The third-order valence-corrected chi connectivity index (χ3v) is 1.92.